The van der Waals surface area contributed by atoms with Crippen LogP contribution < -0.4 is 4.72 Å². The second-order valence-corrected chi connectivity index (χ2v) is 6.91. The molecular formula is C15H16BrNO2S. The first-order valence-corrected chi connectivity index (χ1v) is 8.83. The number of hydrogen-bond acceptors (Lipinski definition) is 2. The van der Waals surface area contributed by atoms with Crippen molar-refractivity contribution >= 4 is 26.0 Å². The van der Waals surface area contributed by atoms with Gasteiger partial charge in [-0.2, -0.15) is 0 Å². The quantitative estimate of drug-likeness (QED) is 0.837. The van der Waals surface area contributed by atoms with Crippen LogP contribution in [0.3, 0.4) is 0 Å². The Balaban J connectivity index is 2.24. The summed E-state index contributed by atoms with van der Waals surface area (Å²) in [5, 5.41) is 0.516. The van der Waals surface area contributed by atoms with Crippen molar-refractivity contribution in [2.24, 2.45) is 0 Å². The molecule has 0 aliphatic heterocycles. The maximum atomic E-state index is 12.4. The molecule has 0 amide bonds. The van der Waals surface area contributed by atoms with Gasteiger partial charge >= 0.3 is 0 Å². The first kappa shape index (κ1) is 15.2. The van der Waals surface area contributed by atoms with Crippen molar-refractivity contribution in [3.8, 4) is 0 Å². The zero-order valence-corrected chi connectivity index (χ0v) is 13.5. The molecule has 0 saturated carbocycles. The Bertz CT molecular complexity index is 654. The van der Waals surface area contributed by atoms with Crippen LogP contribution in [-0.2, 0) is 10.0 Å². The van der Waals surface area contributed by atoms with Crippen molar-refractivity contribution < 1.29 is 8.42 Å². The van der Waals surface area contributed by atoms with Crippen molar-refractivity contribution in [1.82, 2.24) is 4.72 Å². The molecule has 20 heavy (non-hydrogen) atoms. The molecule has 106 valence electrons. The molecule has 0 aliphatic rings. The van der Waals surface area contributed by atoms with E-state index in [1.54, 1.807) is 24.3 Å². The maximum Gasteiger partial charge on any atom is 0.241 e. The average molecular weight is 354 g/mol. The molecule has 0 aliphatic carbocycles. The third kappa shape index (κ3) is 3.69. The van der Waals surface area contributed by atoms with E-state index in [2.05, 4.69) is 20.7 Å². The lowest BCUT2D eigenvalue weighted by Crippen LogP contribution is -2.29. The molecule has 0 unspecified atom stereocenters. The third-order valence-electron chi connectivity index (χ3n) is 2.98. The fraction of sp³-hybridized carbons (Fsp3) is 0.200. The lowest BCUT2D eigenvalue weighted by atomic mass is 10.1. The van der Waals surface area contributed by atoms with Crippen LogP contribution in [-0.4, -0.2) is 13.7 Å². The van der Waals surface area contributed by atoms with Crippen LogP contribution in [0.1, 0.15) is 17.2 Å². The molecule has 3 nitrogen and oxygen atoms in total. The lowest BCUT2D eigenvalue weighted by Gasteiger charge is -2.17. The molecule has 2 aromatic carbocycles. The summed E-state index contributed by atoms with van der Waals surface area (Å²) in [6, 6.07) is 16.0. The first-order chi connectivity index (χ1) is 9.53. The fourth-order valence-corrected chi connectivity index (χ4v) is 3.82. The van der Waals surface area contributed by atoms with E-state index in [0.29, 0.717) is 5.33 Å². The van der Waals surface area contributed by atoms with Crippen molar-refractivity contribution in [3.05, 3.63) is 65.7 Å². The van der Waals surface area contributed by atoms with Crippen molar-refractivity contribution in [1.29, 1.82) is 0 Å². The number of alkyl halides is 1. The van der Waals surface area contributed by atoms with E-state index in [1.165, 1.54) is 0 Å². The standard InChI is InChI=1S/C15H16BrNO2S/c1-12-7-9-14(10-8-12)20(18,19)17-15(11-16)13-5-3-2-4-6-13/h2-10,15,17H,11H2,1H3/t15-/m0/s1. The predicted octanol–water partition coefficient (Wildman–Crippen LogP) is 3.41. The summed E-state index contributed by atoms with van der Waals surface area (Å²) in [5.41, 5.74) is 1.96. The van der Waals surface area contributed by atoms with E-state index in [-0.39, 0.29) is 10.9 Å². The van der Waals surface area contributed by atoms with Gasteiger partial charge in [-0.05, 0) is 24.6 Å². The second kappa shape index (κ2) is 6.52. The van der Waals surface area contributed by atoms with E-state index in [1.807, 2.05) is 37.3 Å². The summed E-state index contributed by atoms with van der Waals surface area (Å²) in [6.07, 6.45) is 0. The predicted molar refractivity (Wildman–Crippen MR) is 84.5 cm³/mol. The summed E-state index contributed by atoms with van der Waals surface area (Å²) in [5.74, 6) is 0. The highest BCUT2D eigenvalue weighted by atomic mass is 79.9. The SMILES string of the molecule is Cc1ccc(S(=O)(=O)N[C@@H](CBr)c2ccccc2)cc1. The minimum absolute atomic E-state index is 0.282. The third-order valence-corrected chi connectivity index (χ3v) is 5.12. The molecule has 1 atom stereocenters. The summed E-state index contributed by atoms with van der Waals surface area (Å²) >= 11 is 3.36. The number of nitrogens with one attached hydrogen (secondary N) is 1. The molecule has 0 fully saturated rings. The van der Waals surface area contributed by atoms with E-state index in [0.717, 1.165) is 11.1 Å². The Labute approximate surface area is 128 Å². The van der Waals surface area contributed by atoms with E-state index in [9.17, 15) is 8.42 Å². The highest BCUT2D eigenvalue weighted by Gasteiger charge is 2.20. The Morgan fingerprint density at radius 1 is 1.05 bits per heavy atom. The van der Waals surface area contributed by atoms with Gasteiger partial charge in [0, 0.05) is 5.33 Å². The van der Waals surface area contributed by atoms with Gasteiger partial charge in [0.1, 0.15) is 0 Å². The van der Waals surface area contributed by atoms with Crippen molar-refractivity contribution in [3.63, 3.8) is 0 Å². The van der Waals surface area contributed by atoms with Gasteiger partial charge < -0.3 is 0 Å². The van der Waals surface area contributed by atoms with Gasteiger partial charge in [-0.1, -0.05) is 64.0 Å². The highest BCUT2D eigenvalue weighted by molar-refractivity contribution is 9.09. The normalized spacial score (nSPS) is 13.1. The van der Waals surface area contributed by atoms with Crippen LogP contribution in [0, 0.1) is 6.92 Å². The Kier molecular flexibility index (Phi) is 4.96. The van der Waals surface area contributed by atoms with Gasteiger partial charge in [-0.15, -0.1) is 0 Å². The van der Waals surface area contributed by atoms with Gasteiger partial charge in [-0.25, -0.2) is 13.1 Å². The van der Waals surface area contributed by atoms with E-state index < -0.39 is 10.0 Å². The Hall–Kier alpha value is -1.17. The number of sulfonamides is 1. The zero-order chi connectivity index (χ0) is 14.6. The van der Waals surface area contributed by atoms with E-state index >= 15 is 0 Å². The molecule has 0 radical (unpaired) electrons. The average Bonchev–Trinajstić information content (AvgIpc) is 2.46. The molecule has 5 heteroatoms. The lowest BCUT2D eigenvalue weighted by molar-refractivity contribution is 0.569. The van der Waals surface area contributed by atoms with Gasteiger partial charge in [0.25, 0.3) is 0 Å². The molecule has 0 bridgehead atoms. The second-order valence-electron chi connectivity index (χ2n) is 4.55. The van der Waals surface area contributed by atoms with Gasteiger partial charge in [0.2, 0.25) is 10.0 Å². The number of benzene rings is 2. The molecule has 1 N–H and O–H groups in total. The zero-order valence-electron chi connectivity index (χ0n) is 11.1. The van der Waals surface area contributed by atoms with Crippen LogP contribution in [0.2, 0.25) is 0 Å². The van der Waals surface area contributed by atoms with Crippen LogP contribution >= 0.6 is 15.9 Å². The topological polar surface area (TPSA) is 46.2 Å². The van der Waals surface area contributed by atoms with Gasteiger partial charge in [0.05, 0.1) is 10.9 Å². The molecule has 0 heterocycles. The van der Waals surface area contributed by atoms with Gasteiger partial charge in [-0.3, -0.25) is 0 Å². The summed E-state index contributed by atoms with van der Waals surface area (Å²) < 4.78 is 27.4. The smallest absolute Gasteiger partial charge is 0.207 e. The number of rotatable bonds is 5. The van der Waals surface area contributed by atoms with E-state index in [4.69, 9.17) is 0 Å². The highest BCUT2D eigenvalue weighted by Crippen LogP contribution is 2.19. The monoisotopic (exact) mass is 353 g/mol. The molecule has 0 spiro atoms. The van der Waals surface area contributed by atoms with Crippen LogP contribution in [0.5, 0.6) is 0 Å². The summed E-state index contributed by atoms with van der Waals surface area (Å²) in [4.78, 5) is 0.282. The van der Waals surface area contributed by atoms with Crippen molar-refractivity contribution in [2.75, 3.05) is 5.33 Å². The van der Waals surface area contributed by atoms with Crippen molar-refractivity contribution in [2.45, 2.75) is 17.9 Å². The fourth-order valence-electron chi connectivity index (χ4n) is 1.85. The maximum absolute atomic E-state index is 12.4. The molecular weight excluding hydrogens is 338 g/mol. The number of aryl methyl sites for hydroxylation is 1. The van der Waals surface area contributed by atoms with Crippen LogP contribution in [0.4, 0.5) is 0 Å². The number of halogens is 1. The largest absolute Gasteiger partial charge is 0.241 e. The van der Waals surface area contributed by atoms with Gasteiger partial charge in [0.15, 0.2) is 0 Å². The molecule has 2 rings (SSSR count). The Morgan fingerprint density at radius 3 is 2.20 bits per heavy atom. The first-order valence-electron chi connectivity index (χ1n) is 6.23. The molecule has 2 aromatic rings. The Morgan fingerprint density at radius 2 is 1.65 bits per heavy atom. The molecule has 0 aromatic heterocycles. The minimum Gasteiger partial charge on any atom is -0.207 e. The number of hydrogen-bond donors (Lipinski definition) is 1. The molecule has 0 saturated heterocycles. The minimum atomic E-state index is -3.52. The summed E-state index contributed by atoms with van der Waals surface area (Å²) in [6.45, 7) is 1.93. The summed E-state index contributed by atoms with van der Waals surface area (Å²) in [7, 11) is -3.52. The van der Waals surface area contributed by atoms with Crippen LogP contribution in [0.15, 0.2) is 59.5 Å². The van der Waals surface area contributed by atoms with Crippen LogP contribution in [0.25, 0.3) is 0 Å².